The van der Waals surface area contributed by atoms with Gasteiger partial charge in [0.25, 0.3) is 5.89 Å². The van der Waals surface area contributed by atoms with Crippen LogP contribution < -0.4 is 5.32 Å². The minimum absolute atomic E-state index is 0.152. The highest BCUT2D eigenvalue weighted by atomic mass is 16.5. The number of nitrogens with zero attached hydrogens (tertiary/aromatic N) is 4. The van der Waals surface area contributed by atoms with Gasteiger partial charge in [-0.2, -0.15) is 4.98 Å². The molecule has 1 atom stereocenters. The van der Waals surface area contributed by atoms with Crippen molar-refractivity contribution in [3.63, 3.8) is 0 Å². The molecule has 26 heavy (non-hydrogen) atoms. The highest BCUT2D eigenvalue weighted by Crippen LogP contribution is 2.41. The van der Waals surface area contributed by atoms with E-state index in [0.29, 0.717) is 11.8 Å². The van der Waals surface area contributed by atoms with Crippen molar-refractivity contribution >= 4 is 10.9 Å². The fourth-order valence-electron chi connectivity index (χ4n) is 3.70. The fraction of sp³-hybridized carbons (Fsp3) is 0.450. The summed E-state index contributed by atoms with van der Waals surface area (Å²) >= 11 is 0. The second-order valence-corrected chi connectivity index (χ2v) is 7.55. The Balaban J connectivity index is 1.61. The van der Waals surface area contributed by atoms with Crippen LogP contribution in [0.25, 0.3) is 22.4 Å². The zero-order valence-corrected chi connectivity index (χ0v) is 15.2. The van der Waals surface area contributed by atoms with Crippen molar-refractivity contribution in [3.8, 4) is 11.5 Å². The van der Waals surface area contributed by atoms with Gasteiger partial charge in [0.05, 0.1) is 17.1 Å². The van der Waals surface area contributed by atoms with E-state index in [1.54, 1.807) is 0 Å². The molecule has 2 fully saturated rings. The van der Waals surface area contributed by atoms with Gasteiger partial charge in [-0.25, -0.2) is 0 Å². The minimum Gasteiger partial charge on any atom is -0.334 e. The first-order valence-corrected chi connectivity index (χ1v) is 9.35. The number of likely N-dealkylation sites (N-methyl/N-ethyl adjacent to an activating group) is 1. The summed E-state index contributed by atoms with van der Waals surface area (Å²) in [7, 11) is 2.11. The largest absolute Gasteiger partial charge is 0.334 e. The van der Waals surface area contributed by atoms with E-state index in [4.69, 9.17) is 14.5 Å². The van der Waals surface area contributed by atoms with Crippen LogP contribution in [-0.4, -0.2) is 46.7 Å². The molecule has 0 amide bonds. The molecule has 5 rings (SSSR count). The molecule has 0 radical (unpaired) electrons. The van der Waals surface area contributed by atoms with Gasteiger partial charge in [-0.05, 0) is 45.0 Å². The summed E-state index contributed by atoms with van der Waals surface area (Å²) in [5.41, 5.74) is 4.36. The molecule has 1 aromatic carbocycles. The van der Waals surface area contributed by atoms with E-state index < -0.39 is 0 Å². The molecular formula is C20H23N5O. The summed E-state index contributed by atoms with van der Waals surface area (Å²) in [6.45, 7) is 4.92. The molecule has 0 spiro atoms. The summed E-state index contributed by atoms with van der Waals surface area (Å²) in [4.78, 5) is 11.9. The van der Waals surface area contributed by atoms with Crippen molar-refractivity contribution in [1.82, 2.24) is 25.3 Å². The van der Waals surface area contributed by atoms with E-state index >= 15 is 0 Å². The molecule has 134 valence electrons. The molecule has 6 nitrogen and oxygen atoms in total. The molecule has 2 aliphatic rings. The van der Waals surface area contributed by atoms with E-state index in [0.717, 1.165) is 47.6 Å². The van der Waals surface area contributed by atoms with Crippen molar-refractivity contribution < 1.29 is 4.52 Å². The van der Waals surface area contributed by atoms with Gasteiger partial charge in [-0.3, -0.25) is 9.88 Å². The van der Waals surface area contributed by atoms with Crippen LogP contribution in [0, 0.1) is 6.92 Å². The molecular weight excluding hydrogens is 326 g/mol. The maximum absolute atomic E-state index is 5.71. The van der Waals surface area contributed by atoms with E-state index in [1.165, 1.54) is 18.4 Å². The summed E-state index contributed by atoms with van der Waals surface area (Å²) < 4.78 is 5.71. The lowest BCUT2D eigenvalue weighted by atomic mass is 10.0. The van der Waals surface area contributed by atoms with Crippen LogP contribution in [0.4, 0.5) is 0 Å². The Morgan fingerprint density at radius 1 is 1.19 bits per heavy atom. The fourth-order valence-corrected chi connectivity index (χ4v) is 3.70. The Kier molecular flexibility index (Phi) is 3.76. The van der Waals surface area contributed by atoms with Gasteiger partial charge in [0.1, 0.15) is 0 Å². The highest BCUT2D eigenvalue weighted by Gasteiger charge is 2.29. The van der Waals surface area contributed by atoms with Crippen LogP contribution in [0.1, 0.15) is 41.9 Å². The lowest BCUT2D eigenvalue weighted by Crippen LogP contribution is -2.44. The first kappa shape index (κ1) is 15.9. The zero-order chi connectivity index (χ0) is 17.7. The summed E-state index contributed by atoms with van der Waals surface area (Å²) in [6.07, 6.45) is 2.44. The first-order chi connectivity index (χ1) is 12.7. The molecule has 1 aliphatic carbocycles. The monoisotopic (exact) mass is 349 g/mol. The van der Waals surface area contributed by atoms with Gasteiger partial charge in [-0.15, -0.1) is 0 Å². The van der Waals surface area contributed by atoms with Gasteiger partial charge in [0.15, 0.2) is 5.82 Å². The Morgan fingerprint density at radius 3 is 2.88 bits per heavy atom. The van der Waals surface area contributed by atoms with E-state index in [9.17, 15) is 0 Å². The quantitative estimate of drug-likeness (QED) is 0.784. The Hall–Kier alpha value is -2.31. The summed E-state index contributed by atoms with van der Waals surface area (Å²) in [6, 6.07) is 8.67. The second kappa shape index (κ2) is 6.14. The number of pyridine rings is 1. The van der Waals surface area contributed by atoms with Crippen LogP contribution >= 0.6 is 0 Å². The number of benzene rings is 1. The van der Waals surface area contributed by atoms with Gasteiger partial charge in [-0.1, -0.05) is 16.8 Å². The smallest absolute Gasteiger partial charge is 0.258 e. The number of nitrogens with one attached hydrogen (secondary N) is 1. The molecule has 3 heterocycles. The zero-order valence-electron chi connectivity index (χ0n) is 15.2. The topological polar surface area (TPSA) is 67.1 Å². The van der Waals surface area contributed by atoms with Crippen LogP contribution in [0.5, 0.6) is 0 Å². The normalized spacial score (nSPS) is 21.4. The molecule has 1 unspecified atom stereocenters. The lowest BCUT2D eigenvalue weighted by molar-refractivity contribution is 0.190. The van der Waals surface area contributed by atoms with Gasteiger partial charge in [0.2, 0.25) is 0 Å². The standard InChI is InChI=1S/C20H23N5O/c1-12-3-6-16-14(9-12)15(10-17(22-16)13-4-5-13)20-23-19(24-26-20)18-11-21-7-8-25(18)2/h3,6,9-10,13,18,21H,4-5,7-8,11H2,1-2H3. The second-order valence-electron chi connectivity index (χ2n) is 7.55. The maximum atomic E-state index is 5.71. The van der Waals surface area contributed by atoms with Crippen LogP contribution in [0.3, 0.4) is 0 Å². The Bertz CT molecular complexity index is 962. The van der Waals surface area contributed by atoms with Crippen LogP contribution in [0.15, 0.2) is 28.8 Å². The number of rotatable bonds is 3. The molecule has 0 bridgehead atoms. The molecule has 1 aliphatic heterocycles. The predicted octanol–water partition coefficient (Wildman–Crippen LogP) is 3.05. The molecule has 1 saturated carbocycles. The average Bonchev–Trinajstić information content (AvgIpc) is 3.39. The Morgan fingerprint density at radius 2 is 2.08 bits per heavy atom. The van der Waals surface area contributed by atoms with Crippen molar-refractivity contribution in [2.45, 2.75) is 31.7 Å². The third-order valence-electron chi connectivity index (χ3n) is 5.46. The SMILES string of the molecule is Cc1ccc2nc(C3CC3)cc(-c3nc(C4CNCCN4C)no3)c2c1. The average molecular weight is 349 g/mol. The third kappa shape index (κ3) is 2.79. The molecule has 1 saturated heterocycles. The number of piperazine rings is 1. The first-order valence-electron chi connectivity index (χ1n) is 9.35. The Labute approximate surface area is 152 Å². The molecule has 6 heteroatoms. The third-order valence-corrected chi connectivity index (χ3v) is 5.46. The van der Waals surface area contributed by atoms with Crippen LogP contribution in [0.2, 0.25) is 0 Å². The van der Waals surface area contributed by atoms with Gasteiger partial charge in [0, 0.05) is 36.6 Å². The van der Waals surface area contributed by atoms with Crippen molar-refractivity contribution in [3.05, 3.63) is 41.3 Å². The van der Waals surface area contributed by atoms with E-state index in [-0.39, 0.29) is 6.04 Å². The maximum Gasteiger partial charge on any atom is 0.258 e. The number of hydrogen-bond acceptors (Lipinski definition) is 6. The van der Waals surface area contributed by atoms with Gasteiger partial charge >= 0.3 is 0 Å². The molecule has 2 aromatic heterocycles. The van der Waals surface area contributed by atoms with Crippen molar-refractivity contribution in [2.24, 2.45) is 0 Å². The number of aryl methyl sites for hydroxylation is 1. The summed E-state index contributed by atoms with van der Waals surface area (Å²) in [5.74, 6) is 1.93. The highest BCUT2D eigenvalue weighted by molar-refractivity contribution is 5.93. The van der Waals surface area contributed by atoms with Crippen molar-refractivity contribution in [1.29, 1.82) is 0 Å². The van der Waals surface area contributed by atoms with Gasteiger partial charge < -0.3 is 9.84 Å². The number of hydrogen-bond donors (Lipinski definition) is 1. The number of aromatic nitrogens is 3. The van der Waals surface area contributed by atoms with Crippen LogP contribution in [-0.2, 0) is 0 Å². The number of fused-ring (bicyclic) bond motifs is 1. The summed E-state index contributed by atoms with van der Waals surface area (Å²) in [5, 5.41) is 8.79. The lowest BCUT2D eigenvalue weighted by Gasteiger charge is -2.30. The van der Waals surface area contributed by atoms with Crippen molar-refractivity contribution in [2.75, 3.05) is 26.7 Å². The molecule has 3 aromatic rings. The molecule has 1 N–H and O–H groups in total. The predicted molar refractivity (Wildman–Crippen MR) is 100.0 cm³/mol. The van der Waals surface area contributed by atoms with E-state index in [2.05, 4.69) is 53.6 Å². The minimum atomic E-state index is 0.152. The van der Waals surface area contributed by atoms with E-state index in [1.807, 2.05) is 0 Å².